The van der Waals surface area contributed by atoms with Crippen LogP contribution in [0.2, 0.25) is 0 Å². The molecule has 3 rings (SSSR count). The SMILES string of the molecule is CCn1c(=O)[nH]c(=O)c2[nH]c(-c3cncc(C)c3)nc21. The average molecular weight is 271 g/mol. The van der Waals surface area contributed by atoms with Gasteiger partial charge in [0, 0.05) is 24.5 Å². The number of fused-ring (bicyclic) bond motifs is 1. The Hall–Kier alpha value is -2.70. The van der Waals surface area contributed by atoms with E-state index >= 15 is 0 Å². The van der Waals surface area contributed by atoms with Crippen molar-refractivity contribution in [1.82, 2.24) is 24.5 Å². The van der Waals surface area contributed by atoms with Crippen molar-refractivity contribution in [2.45, 2.75) is 20.4 Å². The highest BCUT2D eigenvalue weighted by Gasteiger charge is 2.13. The van der Waals surface area contributed by atoms with Crippen LogP contribution in [0.3, 0.4) is 0 Å². The van der Waals surface area contributed by atoms with Crippen molar-refractivity contribution in [3.8, 4) is 11.4 Å². The summed E-state index contributed by atoms with van der Waals surface area (Å²) in [4.78, 5) is 37.2. The molecule has 2 N–H and O–H groups in total. The molecule has 0 saturated carbocycles. The maximum absolute atomic E-state index is 11.8. The van der Waals surface area contributed by atoms with E-state index in [0.29, 0.717) is 23.5 Å². The molecule has 0 amide bonds. The predicted octanol–water partition coefficient (Wildman–Crippen LogP) is 0.803. The summed E-state index contributed by atoms with van der Waals surface area (Å²) in [5.41, 5.74) is 1.50. The largest absolute Gasteiger partial charge is 0.332 e. The third-order valence-electron chi connectivity index (χ3n) is 3.10. The van der Waals surface area contributed by atoms with E-state index in [1.165, 1.54) is 4.57 Å². The van der Waals surface area contributed by atoms with Crippen LogP contribution in [-0.2, 0) is 6.54 Å². The Morgan fingerprint density at radius 1 is 1.25 bits per heavy atom. The maximum Gasteiger partial charge on any atom is 0.330 e. The number of aromatic amines is 2. The first-order valence-corrected chi connectivity index (χ1v) is 6.25. The van der Waals surface area contributed by atoms with Crippen LogP contribution in [0.15, 0.2) is 28.0 Å². The van der Waals surface area contributed by atoms with Crippen molar-refractivity contribution >= 4 is 11.2 Å². The average Bonchev–Trinajstić information content (AvgIpc) is 2.84. The zero-order valence-electron chi connectivity index (χ0n) is 11.1. The van der Waals surface area contributed by atoms with Gasteiger partial charge in [0.2, 0.25) is 0 Å². The first kappa shape index (κ1) is 12.3. The van der Waals surface area contributed by atoms with Gasteiger partial charge in [-0.3, -0.25) is 19.3 Å². The number of aromatic nitrogens is 5. The molecule has 0 spiro atoms. The zero-order chi connectivity index (χ0) is 14.3. The van der Waals surface area contributed by atoms with E-state index in [9.17, 15) is 9.59 Å². The van der Waals surface area contributed by atoms with Crippen molar-refractivity contribution in [2.24, 2.45) is 0 Å². The molecule has 0 atom stereocenters. The van der Waals surface area contributed by atoms with Crippen molar-refractivity contribution < 1.29 is 0 Å². The molecule has 3 aromatic rings. The number of nitrogens with one attached hydrogen (secondary N) is 2. The van der Waals surface area contributed by atoms with E-state index in [1.807, 2.05) is 19.9 Å². The summed E-state index contributed by atoms with van der Waals surface area (Å²) in [6, 6.07) is 1.91. The molecule has 0 aliphatic carbocycles. The van der Waals surface area contributed by atoms with Crippen molar-refractivity contribution in [1.29, 1.82) is 0 Å². The lowest BCUT2D eigenvalue weighted by Gasteiger charge is -1.99. The highest BCUT2D eigenvalue weighted by Crippen LogP contribution is 2.17. The molecule has 0 aliphatic rings. The van der Waals surface area contributed by atoms with Gasteiger partial charge in [-0.1, -0.05) is 0 Å². The molecule has 3 aromatic heterocycles. The number of imidazole rings is 1. The van der Waals surface area contributed by atoms with Crippen molar-refractivity contribution in [3.05, 3.63) is 44.9 Å². The fourth-order valence-electron chi connectivity index (χ4n) is 2.16. The Balaban J connectivity index is 2.33. The highest BCUT2D eigenvalue weighted by atomic mass is 16.2. The van der Waals surface area contributed by atoms with Gasteiger partial charge in [0.25, 0.3) is 5.56 Å². The molecule has 0 fully saturated rings. The van der Waals surface area contributed by atoms with Gasteiger partial charge in [-0.25, -0.2) is 9.78 Å². The Kier molecular flexibility index (Phi) is 2.74. The van der Waals surface area contributed by atoms with Crippen LogP contribution in [0.25, 0.3) is 22.6 Å². The number of hydrogen-bond donors (Lipinski definition) is 2. The summed E-state index contributed by atoms with van der Waals surface area (Å²) in [6.07, 6.45) is 3.40. The van der Waals surface area contributed by atoms with Gasteiger partial charge in [0.05, 0.1) is 0 Å². The lowest BCUT2D eigenvalue weighted by Crippen LogP contribution is -2.29. The van der Waals surface area contributed by atoms with Crippen LogP contribution < -0.4 is 11.2 Å². The Morgan fingerprint density at radius 2 is 2.05 bits per heavy atom. The second kappa shape index (κ2) is 4.44. The molecular formula is C13H13N5O2. The van der Waals surface area contributed by atoms with Gasteiger partial charge in [-0.05, 0) is 25.5 Å². The zero-order valence-corrected chi connectivity index (χ0v) is 11.1. The number of hydrogen-bond acceptors (Lipinski definition) is 4. The van der Waals surface area contributed by atoms with Gasteiger partial charge in [-0.2, -0.15) is 0 Å². The second-order valence-electron chi connectivity index (χ2n) is 4.54. The maximum atomic E-state index is 11.8. The molecule has 0 saturated heterocycles. The van der Waals surface area contributed by atoms with Crippen LogP contribution in [0.5, 0.6) is 0 Å². The number of pyridine rings is 1. The fraction of sp³-hybridized carbons (Fsp3) is 0.231. The molecule has 0 aliphatic heterocycles. The molecule has 20 heavy (non-hydrogen) atoms. The number of H-pyrrole nitrogens is 2. The van der Waals surface area contributed by atoms with Crippen LogP contribution in [0.4, 0.5) is 0 Å². The van der Waals surface area contributed by atoms with Crippen LogP contribution >= 0.6 is 0 Å². The van der Waals surface area contributed by atoms with E-state index in [2.05, 4.69) is 19.9 Å². The van der Waals surface area contributed by atoms with Crippen LogP contribution in [0, 0.1) is 6.92 Å². The minimum absolute atomic E-state index is 0.294. The van der Waals surface area contributed by atoms with Gasteiger partial charge in [0.1, 0.15) is 11.3 Å². The van der Waals surface area contributed by atoms with Crippen LogP contribution in [-0.4, -0.2) is 24.5 Å². The number of aryl methyl sites for hydroxylation is 2. The normalized spacial score (nSPS) is 11.1. The van der Waals surface area contributed by atoms with Crippen LogP contribution in [0.1, 0.15) is 12.5 Å². The minimum atomic E-state index is -0.464. The number of nitrogens with zero attached hydrogens (tertiary/aromatic N) is 3. The van der Waals surface area contributed by atoms with Crippen molar-refractivity contribution in [2.75, 3.05) is 0 Å². The van der Waals surface area contributed by atoms with Crippen molar-refractivity contribution in [3.63, 3.8) is 0 Å². The summed E-state index contributed by atoms with van der Waals surface area (Å²) >= 11 is 0. The van der Waals surface area contributed by atoms with E-state index < -0.39 is 11.2 Å². The minimum Gasteiger partial charge on any atom is -0.332 e. The van der Waals surface area contributed by atoms with Gasteiger partial charge >= 0.3 is 5.69 Å². The lowest BCUT2D eigenvalue weighted by molar-refractivity contribution is 0.720. The Labute approximate surface area is 113 Å². The number of rotatable bonds is 2. The summed E-state index contributed by atoms with van der Waals surface area (Å²) in [7, 11) is 0. The molecule has 0 bridgehead atoms. The van der Waals surface area contributed by atoms with Gasteiger partial charge in [0.15, 0.2) is 5.65 Å². The molecule has 7 heteroatoms. The molecule has 0 unspecified atom stereocenters. The molecular weight excluding hydrogens is 258 g/mol. The first-order valence-electron chi connectivity index (χ1n) is 6.25. The third kappa shape index (κ3) is 1.83. The Bertz CT molecular complexity index is 903. The highest BCUT2D eigenvalue weighted by molar-refractivity contribution is 5.75. The monoisotopic (exact) mass is 271 g/mol. The molecule has 3 heterocycles. The molecule has 7 nitrogen and oxygen atoms in total. The van der Waals surface area contributed by atoms with E-state index in [1.54, 1.807) is 12.4 Å². The lowest BCUT2D eigenvalue weighted by atomic mass is 10.2. The quantitative estimate of drug-likeness (QED) is 0.720. The first-order chi connectivity index (χ1) is 9.60. The summed E-state index contributed by atoms with van der Waals surface area (Å²) in [6.45, 7) is 4.18. The summed E-state index contributed by atoms with van der Waals surface area (Å²) in [5, 5.41) is 0. The molecule has 0 radical (unpaired) electrons. The summed E-state index contributed by atoms with van der Waals surface area (Å²) in [5.74, 6) is 0.523. The molecule has 0 aromatic carbocycles. The standard InChI is InChI=1S/C13H13N5O2/c1-3-18-11-9(12(19)17-13(18)20)15-10(16-11)8-4-7(2)5-14-6-8/h4-6H,3H2,1-2H3,(H,15,16)(H,17,19,20). The van der Waals surface area contributed by atoms with E-state index in [4.69, 9.17) is 0 Å². The second-order valence-corrected chi connectivity index (χ2v) is 4.54. The third-order valence-corrected chi connectivity index (χ3v) is 3.10. The topological polar surface area (TPSA) is 96.4 Å². The Morgan fingerprint density at radius 3 is 2.75 bits per heavy atom. The van der Waals surface area contributed by atoms with Gasteiger partial charge in [-0.15, -0.1) is 0 Å². The van der Waals surface area contributed by atoms with E-state index in [-0.39, 0.29) is 0 Å². The van der Waals surface area contributed by atoms with Gasteiger partial charge < -0.3 is 4.98 Å². The smallest absolute Gasteiger partial charge is 0.330 e. The fourth-order valence-corrected chi connectivity index (χ4v) is 2.16. The molecule has 102 valence electrons. The van der Waals surface area contributed by atoms with E-state index in [0.717, 1.165) is 11.1 Å². The summed E-state index contributed by atoms with van der Waals surface area (Å²) < 4.78 is 1.42. The predicted molar refractivity (Wildman–Crippen MR) is 74.6 cm³/mol.